The molecule has 0 aliphatic rings. The Kier molecular flexibility index (Phi) is 5.81. The molecular weight excluding hydrogens is 268 g/mol. The van der Waals surface area contributed by atoms with Gasteiger partial charge in [0.25, 0.3) is 0 Å². The van der Waals surface area contributed by atoms with Crippen molar-refractivity contribution in [2.75, 3.05) is 23.7 Å². The number of carbonyl (C=O) groups excluding carboxylic acids is 1. The van der Waals surface area contributed by atoms with Crippen LogP contribution in [0.25, 0.3) is 0 Å². The third kappa shape index (κ3) is 5.89. The Morgan fingerprint density at radius 1 is 1.38 bits per heavy atom. The fourth-order valence-electron chi connectivity index (χ4n) is 1.80. The van der Waals surface area contributed by atoms with E-state index in [1.807, 2.05) is 25.7 Å². The first-order valence-corrected chi connectivity index (χ1v) is 7.21. The van der Waals surface area contributed by atoms with Crippen LogP contribution in [-0.2, 0) is 4.79 Å². The fourth-order valence-corrected chi connectivity index (χ4v) is 1.80. The number of nitrogen functional groups attached to an aromatic ring is 1. The van der Waals surface area contributed by atoms with Gasteiger partial charge in [-0.2, -0.15) is 4.98 Å². The van der Waals surface area contributed by atoms with Crippen molar-refractivity contribution in [1.29, 1.82) is 0 Å². The topological polar surface area (TPSA) is 94.5 Å². The molecule has 0 unspecified atom stereocenters. The number of nitrogens with zero attached hydrogens (tertiary/aromatic N) is 2. The molecule has 118 valence electrons. The number of unbranched alkanes of at least 4 members (excludes halogenated alkanes) is 1. The van der Waals surface area contributed by atoms with Crippen molar-refractivity contribution in [2.24, 2.45) is 5.73 Å². The van der Waals surface area contributed by atoms with Gasteiger partial charge in [0.05, 0.1) is 12.2 Å². The summed E-state index contributed by atoms with van der Waals surface area (Å²) in [5.74, 6) is 0.643. The lowest BCUT2D eigenvalue weighted by Gasteiger charge is -2.25. The molecule has 0 aliphatic heterocycles. The van der Waals surface area contributed by atoms with Crippen LogP contribution in [0.5, 0.6) is 5.88 Å². The van der Waals surface area contributed by atoms with E-state index in [0.29, 0.717) is 23.9 Å². The molecule has 0 fully saturated rings. The smallest absolute Gasteiger partial charge is 0.239 e. The second-order valence-corrected chi connectivity index (χ2v) is 6.02. The maximum atomic E-state index is 11.2. The highest BCUT2D eigenvalue weighted by atomic mass is 16.5. The Balaban J connectivity index is 3.02. The predicted molar refractivity (Wildman–Crippen MR) is 85.3 cm³/mol. The number of carbonyl (C=O) groups is 1. The van der Waals surface area contributed by atoms with E-state index in [1.165, 1.54) is 0 Å². The number of hydrogen-bond acceptors (Lipinski definition) is 5. The van der Waals surface area contributed by atoms with Gasteiger partial charge in [0.15, 0.2) is 0 Å². The van der Waals surface area contributed by atoms with Gasteiger partial charge in [-0.05, 0) is 39.3 Å². The van der Waals surface area contributed by atoms with Crippen LogP contribution in [0.2, 0.25) is 0 Å². The Morgan fingerprint density at radius 3 is 2.57 bits per heavy atom. The number of pyridine rings is 1. The minimum Gasteiger partial charge on any atom is -0.470 e. The quantitative estimate of drug-likeness (QED) is 0.801. The summed E-state index contributed by atoms with van der Waals surface area (Å²) in [5.41, 5.74) is 11.3. The summed E-state index contributed by atoms with van der Waals surface area (Å²) in [6.07, 6.45) is 1.98. The zero-order valence-corrected chi connectivity index (χ0v) is 13.3. The van der Waals surface area contributed by atoms with Crippen LogP contribution < -0.4 is 21.1 Å². The van der Waals surface area contributed by atoms with Crippen molar-refractivity contribution in [3.8, 4) is 5.88 Å². The summed E-state index contributed by atoms with van der Waals surface area (Å²) in [4.78, 5) is 17.5. The molecule has 1 rings (SSSR count). The number of anilines is 2. The molecule has 6 nitrogen and oxygen atoms in total. The Labute approximate surface area is 126 Å². The molecule has 1 heterocycles. The second-order valence-electron chi connectivity index (χ2n) is 6.02. The molecule has 0 bridgehead atoms. The van der Waals surface area contributed by atoms with Crippen LogP contribution >= 0.6 is 0 Å². The van der Waals surface area contributed by atoms with Gasteiger partial charge in [0, 0.05) is 6.54 Å². The van der Waals surface area contributed by atoms with Gasteiger partial charge in [0.2, 0.25) is 11.8 Å². The van der Waals surface area contributed by atoms with Gasteiger partial charge >= 0.3 is 0 Å². The summed E-state index contributed by atoms with van der Waals surface area (Å²) in [6, 6.07) is 3.52. The first kappa shape index (κ1) is 17.1. The molecule has 0 radical (unpaired) electrons. The molecule has 0 aliphatic carbocycles. The van der Waals surface area contributed by atoms with E-state index in [9.17, 15) is 4.79 Å². The highest BCUT2D eigenvalue weighted by molar-refractivity contribution is 5.79. The minimum atomic E-state index is -0.391. The fraction of sp³-hybridized carbons (Fsp3) is 0.600. The first-order chi connectivity index (χ1) is 9.73. The Hall–Kier alpha value is -1.98. The zero-order valence-electron chi connectivity index (χ0n) is 13.3. The number of aromatic nitrogens is 1. The van der Waals surface area contributed by atoms with Crippen LogP contribution in [0.3, 0.4) is 0 Å². The lowest BCUT2D eigenvalue weighted by molar-refractivity contribution is -0.116. The van der Waals surface area contributed by atoms with Crippen LogP contribution in [0.1, 0.15) is 40.5 Å². The molecular formula is C15H26N4O2. The monoisotopic (exact) mass is 294 g/mol. The summed E-state index contributed by atoms with van der Waals surface area (Å²) in [6.45, 7) is 8.72. The van der Waals surface area contributed by atoms with Gasteiger partial charge in [0.1, 0.15) is 11.4 Å². The third-order valence-corrected chi connectivity index (χ3v) is 2.73. The SMILES string of the molecule is CCCCN(CC(N)=O)c1ccc(N)c(OC(C)(C)C)n1. The molecule has 0 atom stereocenters. The Morgan fingerprint density at radius 2 is 2.05 bits per heavy atom. The predicted octanol–water partition coefficient (Wildman–Crippen LogP) is 1.93. The van der Waals surface area contributed by atoms with E-state index in [1.54, 1.807) is 12.1 Å². The van der Waals surface area contributed by atoms with Crippen molar-refractivity contribution in [2.45, 2.75) is 46.1 Å². The van der Waals surface area contributed by atoms with E-state index in [4.69, 9.17) is 16.2 Å². The number of primary amides is 1. The van der Waals surface area contributed by atoms with Crippen molar-refractivity contribution in [3.63, 3.8) is 0 Å². The molecule has 0 saturated carbocycles. The third-order valence-electron chi connectivity index (χ3n) is 2.73. The lowest BCUT2D eigenvalue weighted by Crippen LogP contribution is -2.35. The average Bonchev–Trinajstić information content (AvgIpc) is 2.35. The highest BCUT2D eigenvalue weighted by Crippen LogP contribution is 2.26. The van der Waals surface area contributed by atoms with Gasteiger partial charge in [-0.1, -0.05) is 13.3 Å². The molecule has 4 N–H and O–H groups in total. The van der Waals surface area contributed by atoms with Gasteiger partial charge < -0.3 is 21.1 Å². The number of rotatable bonds is 7. The second kappa shape index (κ2) is 7.15. The van der Waals surface area contributed by atoms with Crippen LogP contribution in [0, 0.1) is 0 Å². The van der Waals surface area contributed by atoms with Gasteiger partial charge in [-0.15, -0.1) is 0 Å². The molecule has 21 heavy (non-hydrogen) atoms. The molecule has 0 aromatic carbocycles. The summed E-state index contributed by atoms with van der Waals surface area (Å²) in [7, 11) is 0. The van der Waals surface area contributed by atoms with Crippen molar-refractivity contribution in [3.05, 3.63) is 12.1 Å². The van der Waals surface area contributed by atoms with Gasteiger partial charge in [-0.25, -0.2) is 0 Å². The number of ether oxygens (including phenoxy) is 1. The van der Waals surface area contributed by atoms with Gasteiger partial charge in [-0.3, -0.25) is 4.79 Å². The van der Waals surface area contributed by atoms with E-state index in [0.717, 1.165) is 12.8 Å². The summed E-state index contributed by atoms with van der Waals surface area (Å²) in [5, 5.41) is 0. The molecule has 1 aromatic rings. The lowest BCUT2D eigenvalue weighted by atomic mass is 10.2. The molecule has 0 saturated heterocycles. The maximum Gasteiger partial charge on any atom is 0.239 e. The van der Waals surface area contributed by atoms with Crippen molar-refractivity contribution < 1.29 is 9.53 Å². The minimum absolute atomic E-state index is 0.131. The molecule has 0 spiro atoms. The zero-order chi connectivity index (χ0) is 16.0. The largest absolute Gasteiger partial charge is 0.470 e. The van der Waals surface area contributed by atoms with Crippen molar-refractivity contribution >= 4 is 17.4 Å². The van der Waals surface area contributed by atoms with Crippen LogP contribution in [0.4, 0.5) is 11.5 Å². The number of hydrogen-bond donors (Lipinski definition) is 2. The summed E-state index contributed by atoms with van der Waals surface area (Å²) >= 11 is 0. The van der Waals surface area contributed by atoms with E-state index >= 15 is 0 Å². The summed E-state index contributed by atoms with van der Waals surface area (Å²) < 4.78 is 5.75. The molecule has 1 amide bonds. The first-order valence-electron chi connectivity index (χ1n) is 7.21. The standard InChI is InChI=1S/C15H26N4O2/c1-5-6-9-19(10-12(17)20)13-8-7-11(16)14(18-13)21-15(2,3)4/h7-8H,5-6,9-10,16H2,1-4H3,(H2,17,20). The van der Waals surface area contributed by atoms with Crippen LogP contribution in [-0.4, -0.2) is 29.6 Å². The van der Waals surface area contributed by atoms with E-state index in [-0.39, 0.29) is 12.5 Å². The highest BCUT2D eigenvalue weighted by Gasteiger charge is 2.18. The average molecular weight is 294 g/mol. The molecule has 1 aromatic heterocycles. The number of amides is 1. The van der Waals surface area contributed by atoms with E-state index < -0.39 is 5.60 Å². The maximum absolute atomic E-state index is 11.2. The van der Waals surface area contributed by atoms with Crippen molar-refractivity contribution in [1.82, 2.24) is 4.98 Å². The normalized spacial score (nSPS) is 11.2. The number of nitrogens with two attached hydrogens (primary N) is 2. The van der Waals surface area contributed by atoms with E-state index in [2.05, 4.69) is 11.9 Å². The molecule has 6 heteroatoms. The Bertz CT molecular complexity index is 483. The van der Waals surface area contributed by atoms with Crippen LogP contribution in [0.15, 0.2) is 12.1 Å².